The number of H-pyrrole nitrogens is 1. The molecule has 8 nitrogen and oxygen atoms in total. The SMILES string of the molecule is CCCCCCCN(Cc1ccccc1)C(=O)c1ccc(-c2nc(SCc3ccc(F)cc3)[nH]c(=O)c2Cc2cnc(OCC)nc2)cc1. The normalized spacial score (nSPS) is 11.0. The summed E-state index contributed by atoms with van der Waals surface area (Å²) in [4.78, 5) is 45.7. The predicted molar refractivity (Wildman–Crippen MR) is 192 cm³/mol. The highest BCUT2D eigenvalue weighted by molar-refractivity contribution is 7.98. The third-order valence-electron chi connectivity index (χ3n) is 8.06. The molecule has 3 aromatic carbocycles. The smallest absolute Gasteiger partial charge is 0.316 e. The van der Waals surface area contributed by atoms with Gasteiger partial charge in [-0.25, -0.2) is 19.3 Å². The van der Waals surface area contributed by atoms with Gasteiger partial charge in [0, 0.05) is 54.3 Å². The molecule has 1 amide bonds. The van der Waals surface area contributed by atoms with Crippen LogP contribution in [0.25, 0.3) is 11.3 Å². The second kappa shape index (κ2) is 18.1. The summed E-state index contributed by atoms with van der Waals surface area (Å²) >= 11 is 1.36. The zero-order chi connectivity index (χ0) is 34.4. The van der Waals surface area contributed by atoms with E-state index in [0.29, 0.717) is 53.0 Å². The topological polar surface area (TPSA) is 101 Å². The molecule has 0 atom stereocenters. The first-order chi connectivity index (χ1) is 23.9. The van der Waals surface area contributed by atoms with Gasteiger partial charge in [-0.1, -0.05) is 99.0 Å². The summed E-state index contributed by atoms with van der Waals surface area (Å²) in [6, 6.07) is 23.9. The second-order valence-electron chi connectivity index (χ2n) is 11.8. The van der Waals surface area contributed by atoms with Crippen molar-refractivity contribution in [1.29, 1.82) is 0 Å². The molecule has 2 aromatic heterocycles. The number of rotatable bonds is 17. The Bertz CT molecular complexity index is 1830. The number of benzene rings is 3. The van der Waals surface area contributed by atoms with Crippen molar-refractivity contribution in [2.24, 2.45) is 0 Å². The lowest BCUT2D eigenvalue weighted by Gasteiger charge is -2.23. The maximum atomic E-state index is 13.9. The van der Waals surface area contributed by atoms with E-state index >= 15 is 0 Å². The van der Waals surface area contributed by atoms with Crippen molar-refractivity contribution >= 4 is 17.7 Å². The Kier molecular flexibility index (Phi) is 13.1. The monoisotopic (exact) mass is 679 g/mol. The summed E-state index contributed by atoms with van der Waals surface area (Å²) in [5.41, 5.74) is 4.68. The molecule has 2 heterocycles. The van der Waals surface area contributed by atoms with E-state index in [9.17, 15) is 14.0 Å². The fraction of sp³-hybridized carbons (Fsp3) is 0.308. The molecule has 49 heavy (non-hydrogen) atoms. The Balaban J connectivity index is 1.42. The number of aromatic amines is 1. The molecular formula is C39H42FN5O3S. The number of aromatic nitrogens is 4. The third kappa shape index (κ3) is 10.3. The molecule has 0 saturated heterocycles. The van der Waals surface area contributed by atoms with E-state index in [-0.39, 0.29) is 29.7 Å². The number of ether oxygens (including phenoxy) is 1. The van der Waals surface area contributed by atoms with Crippen LogP contribution in [0.15, 0.2) is 101 Å². The molecule has 0 saturated carbocycles. The van der Waals surface area contributed by atoms with Crippen molar-refractivity contribution in [2.45, 2.75) is 69.8 Å². The van der Waals surface area contributed by atoms with Crippen molar-refractivity contribution in [3.63, 3.8) is 0 Å². The van der Waals surface area contributed by atoms with Crippen LogP contribution in [-0.2, 0) is 18.7 Å². The second-order valence-corrected chi connectivity index (χ2v) is 12.8. The van der Waals surface area contributed by atoms with Gasteiger partial charge >= 0.3 is 6.01 Å². The van der Waals surface area contributed by atoms with Crippen LogP contribution >= 0.6 is 11.8 Å². The van der Waals surface area contributed by atoms with E-state index in [0.717, 1.165) is 36.0 Å². The Labute approximate surface area is 291 Å². The summed E-state index contributed by atoms with van der Waals surface area (Å²) in [5.74, 6) is 0.159. The van der Waals surface area contributed by atoms with E-state index in [2.05, 4.69) is 21.9 Å². The van der Waals surface area contributed by atoms with Gasteiger partial charge in [-0.05, 0) is 54.3 Å². The Morgan fingerprint density at radius 1 is 0.857 bits per heavy atom. The number of amides is 1. The number of hydrogen-bond donors (Lipinski definition) is 1. The minimum absolute atomic E-state index is 0.0351. The predicted octanol–water partition coefficient (Wildman–Crippen LogP) is 8.26. The first-order valence-electron chi connectivity index (χ1n) is 16.8. The summed E-state index contributed by atoms with van der Waals surface area (Å²) in [6.07, 6.45) is 9.10. The molecule has 1 N–H and O–H groups in total. The first-order valence-corrected chi connectivity index (χ1v) is 17.8. The lowest BCUT2D eigenvalue weighted by molar-refractivity contribution is 0.0740. The quantitative estimate of drug-likeness (QED) is 0.0600. The third-order valence-corrected chi connectivity index (χ3v) is 9.00. The molecule has 254 valence electrons. The van der Waals surface area contributed by atoms with Crippen LogP contribution in [0, 0.1) is 5.82 Å². The van der Waals surface area contributed by atoms with Gasteiger partial charge in [0.15, 0.2) is 5.16 Å². The van der Waals surface area contributed by atoms with Crippen LogP contribution < -0.4 is 10.3 Å². The van der Waals surface area contributed by atoms with Crippen molar-refractivity contribution in [1.82, 2.24) is 24.8 Å². The molecular weight excluding hydrogens is 638 g/mol. The maximum Gasteiger partial charge on any atom is 0.316 e. The molecule has 0 fully saturated rings. The highest BCUT2D eigenvalue weighted by Crippen LogP contribution is 2.27. The Morgan fingerprint density at radius 2 is 1.57 bits per heavy atom. The van der Waals surface area contributed by atoms with Gasteiger partial charge in [0.05, 0.1) is 12.3 Å². The highest BCUT2D eigenvalue weighted by atomic mass is 32.2. The minimum atomic E-state index is -0.303. The molecule has 5 aromatic rings. The van der Waals surface area contributed by atoms with Gasteiger partial charge in [0.25, 0.3) is 11.5 Å². The maximum absolute atomic E-state index is 13.9. The van der Waals surface area contributed by atoms with Gasteiger partial charge in [-0.3, -0.25) is 9.59 Å². The summed E-state index contributed by atoms with van der Waals surface area (Å²) in [6.45, 7) is 5.72. The van der Waals surface area contributed by atoms with Crippen LogP contribution in [0.3, 0.4) is 0 Å². The fourth-order valence-electron chi connectivity index (χ4n) is 5.44. The van der Waals surface area contributed by atoms with E-state index in [4.69, 9.17) is 9.72 Å². The van der Waals surface area contributed by atoms with Gasteiger partial charge in [0.1, 0.15) is 5.82 Å². The fourth-order valence-corrected chi connectivity index (χ4v) is 6.25. The van der Waals surface area contributed by atoms with Crippen molar-refractivity contribution in [3.05, 3.63) is 135 Å². The van der Waals surface area contributed by atoms with Crippen LogP contribution in [0.2, 0.25) is 0 Å². The Hall–Kier alpha value is -4.83. The number of carbonyl (C=O) groups is 1. The largest absolute Gasteiger partial charge is 0.464 e. The van der Waals surface area contributed by atoms with Gasteiger partial charge in [-0.2, -0.15) is 0 Å². The van der Waals surface area contributed by atoms with Crippen LogP contribution in [0.1, 0.15) is 78.6 Å². The summed E-state index contributed by atoms with van der Waals surface area (Å²) in [5, 5.41) is 0.438. The lowest BCUT2D eigenvalue weighted by Crippen LogP contribution is -2.31. The van der Waals surface area contributed by atoms with Crippen LogP contribution in [0.5, 0.6) is 6.01 Å². The molecule has 0 aliphatic heterocycles. The van der Waals surface area contributed by atoms with Gasteiger partial charge < -0.3 is 14.6 Å². The summed E-state index contributed by atoms with van der Waals surface area (Å²) in [7, 11) is 0. The van der Waals surface area contributed by atoms with E-state index < -0.39 is 0 Å². The Morgan fingerprint density at radius 3 is 2.27 bits per heavy atom. The molecule has 0 spiro atoms. The number of nitrogens with zero attached hydrogens (tertiary/aromatic N) is 4. The van der Waals surface area contributed by atoms with Gasteiger partial charge in [-0.15, -0.1) is 0 Å². The summed E-state index contributed by atoms with van der Waals surface area (Å²) < 4.78 is 18.8. The van der Waals surface area contributed by atoms with Crippen LogP contribution in [-0.4, -0.2) is 43.9 Å². The first kappa shape index (κ1) is 35.5. The number of carbonyl (C=O) groups excluding carboxylic acids is 1. The van der Waals surface area contributed by atoms with Gasteiger partial charge in [0.2, 0.25) is 0 Å². The molecule has 0 bridgehead atoms. The molecule has 0 radical (unpaired) electrons. The van der Waals surface area contributed by atoms with Crippen molar-refractivity contribution in [3.8, 4) is 17.3 Å². The van der Waals surface area contributed by atoms with E-state index in [1.165, 1.54) is 36.7 Å². The molecule has 10 heteroatoms. The highest BCUT2D eigenvalue weighted by Gasteiger charge is 2.19. The molecule has 0 unspecified atom stereocenters. The zero-order valence-electron chi connectivity index (χ0n) is 28.0. The number of halogens is 1. The number of nitrogens with one attached hydrogen (secondary N) is 1. The zero-order valence-corrected chi connectivity index (χ0v) is 28.8. The van der Waals surface area contributed by atoms with E-state index in [1.54, 1.807) is 24.5 Å². The molecule has 0 aliphatic rings. The number of thioether (sulfide) groups is 1. The number of unbranched alkanes of at least 4 members (excludes halogenated alkanes) is 4. The van der Waals surface area contributed by atoms with Crippen LogP contribution in [0.4, 0.5) is 4.39 Å². The average Bonchev–Trinajstić information content (AvgIpc) is 3.13. The van der Waals surface area contributed by atoms with Crippen molar-refractivity contribution in [2.75, 3.05) is 13.2 Å². The van der Waals surface area contributed by atoms with E-state index in [1.807, 2.05) is 66.4 Å². The molecule has 0 aliphatic carbocycles. The van der Waals surface area contributed by atoms with Crippen molar-refractivity contribution < 1.29 is 13.9 Å². The number of hydrogen-bond acceptors (Lipinski definition) is 7. The minimum Gasteiger partial charge on any atom is -0.464 e. The standard InChI is InChI=1S/C39H42FN5O3S/c1-3-5-6-7-11-22-45(26-28-12-9-8-10-13-28)37(47)32-18-16-31(17-19-32)35-34(23-30-24-41-38(42-25-30)48-4-2)36(46)44-39(43-35)49-27-29-14-20-33(40)21-15-29/h8-10,12-21,24-25H,3-7,11,22-23,26-27H2,1-2H3,(H,43,44,46). The molecule has 5 rings (SSSR count). The lowest BCUT2D eigenvalue weighted by atomic mass is 10.0. The average molecular weight is 680 g/mol.